The Morgan fingerprint density at radius 2 is 2.05 bits per heavy atom. The van der Waals surface area contributed by atoms with Gasteiger partial charge in [-0.05, 0) is 25.1 Å². The number of hydrogen-bond donors (Lipinski definition) is 0. The first-order valence-electron chi connectivity index (χ1n) is 5.78. The highest BCUT2D eigenvalue weighted by Gasteiger charge is 2.24. The summed E-state index contributed by atoms with van der Waals surface area (Å²) in [4.78, 5) is 11.3. The van der Waals surface area contributed by atoms with Crippen molar-refractivity contribution in [1.29, 1.82) is 0 Å². The molecule has 0 aliphatic heterocycles. The number of nitrogens with zero attached hydrogens (tertiary/aromatic N) is 1. The highest BCUT2D eigenvalue weighted by molar-refractivity contribution is 7.89. The zero-order chi connectivity index (χ0) is 15.3. The lowest BCUT2D eigenvalue weighted by atomic mass is 10.3. The van der Waals surface area contributed by atoms with Gasteiger partial charge in [0.15, 0.2) is 0 Å². The van der Waals surface area contributed by atoms with Crippen LogP contribution >= 0.6 is 11.6 Å². The number of rotatable bonds is 6. The van der Waals surface area contributed by atoms with Crippen molar-refractivity contribution in [1.82, 2.24) is 4.31 Å². The van der Waals surface area contributed by atoms with E-state index >= 15 is 0 Å². The van der Waals surface area contributed by atoms with Crippen LogP contribution in [-0.4, -0.2) is 46.0 Å². The van der Waals surface area contributed by atoms with E-state index < -0.39 is 16.0 Å². The molecule has 20 heavy (non-hydrogen) atoms. The minimum absolute atomic E-state index is 0.0184. The van der Waals surface area contributed by atoms with Gasteiger partial charge in [0.05, 0.1) is 23.6 Å². The molecule has 0 unspecified atom stereocenters. The quantitative estimate of drug-likeness (QED) is 0.743. The van der Waals surface area contributed by atoms with Crippen LogP contribution < -0.4 is 4.74 Å². The first-order valence-corrected chi connectivity index (χ1v) is 7.60. The summed E-state index contributed by atoms with van der Waals surface area (Å²) in [5.41, 5.74) is 0. The van der Waals surface area contributed by atoms with Crippen LogP contribution in [0.5, 0.6) is 5.75 Å². The van der Waals surface area contributed by atoms with Gasteiger partial charge < -0.3 is 9.47 Å². The number of carbonyl (C=O) groups is 1. The van der Waals surface area contributed by atoms with Crippen molar-refractivity contribution in [3.8, 4) is 5.75 Å². The maximum atomic E-state index is 12.2. The SMILES string of the molecule is CCOC(=O)CN(C)S(=O)(=O)c1ccc(OC)c(Cl)c1. The van der Waals surface area contributed by atoms with Gasteiger partial charge >= 0.3 is 5.97 Å². The second kappa shape index (κ2) is 6.92. The fourth-order valence-corrected chi connectivity index (χ4v) is 2.93. The Hall–Kier alpha value is -1.31. The van der Waals surface area contributed by atoms with Crippen molar-refractivity contribution in [2.24, 2.45) is 0 Å². The van der Waals surface area contributed by atoms with Crippen LogP contribution in [0.25, 0.3) is 0 Å². The Balaban J connectivity index is 2.98. The molecule has 0 atom stereocenters. The molecule has 0 saturated heterocycles. The number of hydrogen-bond acceptors (Lipinski definition) is 5. The minimum Gasteiger partial charge on any atom is -0.495 e. The molecule has 1 rings (SSSR count). The lowest BCUT2D eigenvalue weighted by Crippen LogP contribution is -2.33. The molecule has 0 aromatic heterocycles. The lowest BCUT2D eigenvalue weighted by Gasteiger charge is -2.16. The Labute approximate surface area is 123 Å². The lowest BCUT2D eigenvalue weighted by molar-refractivity contribution is -0.143. The molecular weight excluding hydrogens is 306 g/mol. The maximum Gasteiger partial charge on any atom is 0.321 e. The van der Waals surface area contributed by atoms with Crippen LogP contribution in [0.1, 0.15) is 6.92 Å². The van der Waals surface area contributed by atoms with Crippen LogP contribution in [0.3, 0.4) is 0 Å². The number of benzene rings is 1. The molecular formula is C12H16ClNO5S. The van der Waals surface area contributed by atoms with Crippen molar-refractivity contribution in [3.05, 3.63) is 23.2 Å². The summed E-state index contributed by atoms with van der Waals surface area (Å²) < 4.78 is 35.1. The predicted octanol–water partition coefficient (Wildman–Crippen LogP) is 1.53. The molecule has 0 spiro atoms. The van der Waals surface area contributed by atoms with Gasteiger partial charge in [-0.2, -0.15) is 4.31 Å². The Bertz CT molecular complexity index is 588. The van der Waals surface area contributed by atoms with Gasteiger partial charge in [-0.3, -0.25) is 4.79 Å². The molecule has 8 heteroatoms. The highest BCUT2D eigenvalue weighted by atomic mass is 35.5. The third kappa shape index (κ3) is 3.84. The molecule has 0 N–H and O–H groups in total. The third-order valence-corrected chi connectivity index (χ3v) is 4.58. The highest BCUT2D eigenvalue weighted by Crippen LogP contribution is 2.27. The topological polar surface area (TPSA) is 72.9 Å². The summed E-state index contributed by atoms with van der Waals surface area (Å²) in [5, 5.41) is 0.179. The molecule has 112 valence electrons. The number of ether oxygens (including phenoxy) is 2. The largest absolute Gasteiger partial charge is 0.495 e. The van der Waals surface area contributed by atoms with Gasteiger partial charge in [0.1, 0.15) is 12.3 Å². The Morgan fingerprint density at radius 3 is 2.55 bits per heavy atom. The summed E-state index contributed by atoms with van der Waals surface area (Å²) in [6.07, 6.45) is 0. The first-order chi connectivity index (χ1) is 9.32. The van der Waals surface area contributed by atoms with Crippen LogP contribution in [0.2, 0.25) is 5.02 Å². The van der Waals surface area contributed by atoms with E-state index in [4.69, 9.17) is 21.1 Å². The minimum atomic E-state index is -3.81. The number of esters is 1. The maximum absolute atomic E-state index is 12.2. The second-order valence-corrected chi connectivity index (χ2v) is 6.31. The smallest absolute Gasteiger partial charge is 0.321 e. The van der Waals surface area contributed by atoms with Crippen molar-refractivity contribution in [2.75, 3.05) is 27.3 Å². The van der Waals surface area contributed by atoms with Gasteiger partial charge in [0.25, 0.3) is 0 Å². The second-order valence-electron chi connectivity index (χ2n) is 3.86. The van der Waals surface area contributed by atoms with Gasteiger partial charge in [-0.15, -0.1) is 0 Å². The fraction of sp³-hybridized carbons (Fsp3) is 0.417. The van der Waals surface area contributed by atoms with Crippen molar-refractivity contribution in [3.63, 3.8) is 0 Å². The van der Waals surface area contributed by atoms with Crippen molar-refractivity contribution >= 4 is 27.6 Å². The van der Waals surface area contributed by atoms with E-state index in [0.717, 1.165) is 4.31 Å². The first kappa shape index (κ1) is 16.7. The van der Waals surface area contributed by atoms with E-state index in [1.165, 1.54) is 32.4 Å². The zero-order valence-electron chi connectivity index (χ0n) is 11.4. The van der Waals surface area contributed by atoms with E-state index in [9.17, 15) is 13.2 Å². The normalized spacial score (nSPS) is 11.4. The van der Waals surface area contributed by atoms with E-state index in [0.29, 0.717) is 5.75 Å². The molecule has 0 radical (unpaired) electrons. The fourth-order valence-electron chi connectivity index (χ4n) is 1.46. The summed E-state index contributed by atoms with van der Waals surface area (Å²) >= 11 is 5.90. The standard InChI is InChI=1S/C12H16ClNO5S/c1-4-19-12(15)8-14(2)20(16,17)9-5-6-11(18-3)10(13)7-9/h5-7H,4,8H2,1-3H3. The summed E-state index contributed by atoms with van der Waals surface area (Å²) in [7, 11) is -1.08. The number of halogens is 1. The average molecular weight is 322 g/mol. The Kier molecular flexibility index (Phi) is 5.79. The van der Waals surface area contributed by atoms with Crippen LogP contribution in [0.4, 0.5) is 0 Å². The monoisotopic (exact) mass is 321 g/mol. The van der Waals surface area contributed by atoms with Crippen LogP contribution in [0.15, 0.2) is 23.1 Å². The molecule has 0 saturated carbocycles. The summed E-state index contributed by atoms with van der Waals surface area (Å²) in [6, 6.07) is 4.09. The van der Waals surface area contributed by atoms with Crippen LogP contribution in [0, 0.1) is 0 Å². The van der Waals surface area contributed by atoms with Crippen molar-refractivity contribution < 1.29 is 22.7 Å². The summed E-state index contributed by atoms with van der Waals surface area (Å²) in [5.74, 6) is -0.239. The number of likely N-dealkylation sites (N-methyl/N-ethyl adjacent to an activating group) is 1. The van der Waals surface area contributed by atoms with Gasteiger partial charge in [-0.25, -0.2) is 8.42 Å². The molecule has 6 nitrogen and oxygen atoms in total. The third-order valence-electron chi connectivity index (χ3n) is 2.49. The molecule has 1 aromatic carbocycles. The zero-order valence-corrected chi connectivity index (χ0v) is 13.0. The van der Waals surface area contributed by atoms with Gasteiger partial charge in [0.2, 0.25) is 10.0 Å². The van der Waals surface area contributed by atoms with Crippen molar-refractivity contribution in [2.45, 2.75) is 11.8 Å². The van der Waals surface area contributed by atoms with Gasteiger partial charge in [-0.1, -0.05) is 11.6 Å². The molecule has 1 aromatic rings. The molecule has 0 aliphatic rings. The predicted molar refractivity (Wildman–Crippen MR) is 74.5 cm³/mol. The molecule has 0 fully saturated rings. The van der Waals surface area contributed by atoms with E-state index in [2.05, 4.69) is 0 Å². The average Bonchev–Trinajstić information content (AvgIpc) is 2.38. The number of methoxy groups -OCH3 is 1. The molecule has 0 heterocycles. The van der Waals surface area contributed by atoms with E-state index in [-0.39, 0.29) is 23.1 Å². The summed E-state index contributed by atoms with van der Waals surface area (Å²) in [6.45, 7) is 1.48. The molecule has 0 aliphatic carbocycles. The van der Waals surface area contributed by atoms with Gasteiger partial charge in [0, 0.05) is 7.05 Å². The Morgan fingerprint density at radius 1 is 1.40 bits per heavy atom. The van der Waals surface area contributed by atoms with E-state index in [1.54, 1.807) is 6.92 Å². The number of sulfonamides is 1. The van der Waals surface area contributed by atoms with Crippen LogP contribution in [-0.2, 0) is 19.6 Å². The van der Waals surface area contributed by atoms with E-state index in [1.807, 2.05) is 0 Å². The molecule has 0 bridgehead atoms. The number of carbonyl (C=O) groups excluding carboxylic acids is 1. The molecule has 0 amide bonds.